The molecule has 0 aliphatic heterocycles. The highest BCUT2D eigenvalue weighted by molar-refractivity contribution is 6.01. The molecule has 0 atom stereocenters. The van der Waals surface area contributed by atoms with Crippen molar-refractivity contribution in [3.63, 3.8) is 0 Å². The van der Waals surface area contributed by atoms with Gasteiger partial charge in [-0.15, -0.1) is 0 Å². The molecule has 1 aromatic rings. The van der Waals surface area contributed by atoms with Gasteiger partial charge in [-0.3, -0.25) is 9.59 Å². The Morgan fingerprint density at radius 3 is 2.71 bits per heavy atom. The van der Waals surface area contributed by atoms with Gasteiger partial charge in [-0.2, -0.15) is 0 Å². The van der Waals surface area contributed by atoms with Crippen molar-refractivity contribution in [2.45, 2.75) is 6.42 Å². The molecule has 110 valence electrons. The van der Waals surface area contributed by atoms with Crippen LogP contribution in [0.25, 0.3) is 0 Å². The molecule has 21 heavy (non-hydrogen) atoms. The van der Waals surface area contributed by atoms with Gasteiger partial charge in [0.1, 0.15) is 18.8 Å². The molecule has 0 fully saturated rings. The number of nitrogens with one attached hydrogen (secondary N) is 1. The third-order valence-electron chi connectivity index (χ3n) is 2.43. The van der Waals surface area contributed by atoms with Gasteiger partial charge in [0.2, 0.25) is 5.91 Å². The zero-order valence-electron chi connectivity index (χ0n) is 11.5. The second-order valence-electron chi connectivity index (χ2n) is 4.12. The van der Waals surface area contributed by atoms with E-state index < -0.39 is 18.3 Å². The van der Waals surface area contributed by atoms with Gasteiger partial charge in [0.15, 0.2) is 0 Å². The molecule has 0 aliphatic rings. The molecule has 0 aliphatic carbocycles. The zero-order valence-corrected chi connectivity index (χ0v) is 11.5. The Morgan fingerprint density at radius 1 is 1.33 bits per heavy atom. The summed E-state index contributed by atoms with van der Waals surface area (Å²) >= 11 is 0. The predicted octanol–water partition coefficient (Wildman–Crippen LogP) is 2.78. The Bertz CT molecular complexity index is 575. The second-order valence-corrected chi connectivity index (χ2v) is 4.12. The number of carboxylic acid groups (broad SMARTS) is 1. The summed E-state index contributed by atoms with van der Waals surface area (Å²) in [4.78, 5) is 21.8. The summed E-state index contributed by atoms with van der Waals surface area (Å²) in [5.41, 5.74) is 1.34. The molecular weight excluding hydrogens is 270 g/mol. The second kappa shape index (κ2) is 8.37. The van der Waals surface area contributed by atoms with Crippen LogP contribution in [0.1, 0.15) is 6.42 Å². The van der Waals surface area contributed by atoms with Crippen molar-refractivity contribution >= 4 is 17.6 Å². The van der Waals surface area contributed by atoms with Crippen LogP contribution in [0, 0.1) is 0 Å². The maximum Gasteiger partial charge on any atom is 0.312 e. The summed E-state index contributed by atoms with van der Waals surface area (Å²) in [5.74, 6) is -1.21. The lowest BCUT2D eigenvalue weighted by Crippen LogP contribution is -2.15. The third-order valence-corrected chi connectivity index (χ3v) is 2.43. The minimum absolute atomic E-state index is 0.321. The number of carboxylic acids is 1. The molecule has 2 N–H and O–H groups in total. The van der Waals surface area contributed by atoms with E-state index in [4.69, 9.17) is 9.84 Å². The van der Waals surface area contributed by atoms with Crippen LogP contribution in [0.15, 0.2) is 61.2 Å². The molecule has 1 aromatic carbocycles. The number of carbonyl (C=O) groups is 2. The molecule has 5 nitrogen and oxygen atoms in total. The molecule has 0 radical (unpaired) electrons. The summed E-state index contributed by atoms with van der Waals surface area (Å²) < 4.78 is 5.56. The van der Waals surface area contributed by atoms with E-state index in [2.05, 4.69) is 18.5 Å². The standard InChI is InChI=1S/C16H17NO4/c1-3-6-12(4-2)11-21-14-8-5-7-13(9-14)17-15(18)10-16(19)20/h3-9H,1-2,10-11H2,(H,17,18)(H,19,20)/b12-6+. The van der Waals surface area contributed by atoms with Crippen molar-refractivity contribution in [1.29, 1.82) is 0 Å². The number of amides is 1. The first-order valence-corrected chi connectivity index (χ1v) is 6.23. The summed E-state index contributed by atoms with van der Waals surface area (Å²) in [5, 5.41) is 11.0. The average Bonchev–Trinajstić information content (AvgIpc) is 2.42. The lowest BCUT2D eigenvalue weighted by atomic mass is 10.2. The van der Waals surface area contributed by atoms with Crippen molar-refractivity contribution in [1.82, 2.24) is 0 Å². The number of carbonyl (C=O) groups excluding carboxylic acids is 1. The molecule has 0 bridgehead atoms. The molecular formula is C16H17NO4. The van der Waals surface area contributed by atoms with Crippen LogP contribution >= 0.6 is 0 Å². The molecule has 5 heteroatoms. The molecule has 0 saturated heterocycles. The molecule has 0 unspecified atom stereocenters. The average molecular weight is 287 g/mol. The number of allylic oxidation sites excluding steroid dienone is 2. The highest BCUT2D eigenvalue weighted by Gasteiger charge is 2.08. The highest BCUT2D eigenvalue weighted by atomic mass is 16.5. The minimum atomic E-state index is -1.18. The molecule has 0 spiro atoms. The fraction of sp³-hybridized carbons (Fsp3) is 0.125. The van der Waals surface area contributed by atoms with E-state index in [-0.39, 0.29) is 0 Å². The van der Waals surface area contributed by atoms with Gasteiger partial charge in [0, 0.05) is 11.8 Å². The number of rotatable bonds is 8. The van der Waals surface area contributed by atoms with Crippen LogP contribution in [-0.2, 0) is 9.59 Å². The first-order chi connectivity index (χ1) is 10.0. The Kier molecular flexibility index (Phi) is 6.47. The maximum atomic E-state index is 11.4. The summed E-state index contributed by atoms with van der Waals surface area (Å²) in [6.45, 7) is 7.59. The lowest BCUT2D eigenvalue weighted by molar-refractivity contribution is -0.139. The van der Waals surface area contributed by atoms with Crippen LogP contribution in [0.4, 0.5) is 5.69 Å². The van der Waals surface area contributed by atoms with Crippen molar-refractivity contribution in [2.75, 3.05) is 11.9 Å². The van der Waals surface area contributed by atoms with E-state index in [0.29, 0.717) is 18.0 Å². The van der Waals surface area contributed by atoms with Crippen LogP contribution in [-0.4, -0.2) is 23.6 Å². The van der Waals surface area contributed by atoms with Crippen molar-refractivity contribution < 1.29 is 19.4 Å². The predicted molar refractivity (Wildman–Crippen MR) is 81.3 cm³/mol. The quantitative estimate of drug-likeness (QED) is 0.569. The maximum absolute atomic E-state index is 11.4. The zero-order chi connectivity index (χ0) is 15.7. The van der Waals surface area contributed by atoms with Gasteiger partial charge in [-0.25, -0.2) is 0 Å². The monoisotopic (exact) mass is 287 g/mol. The molecule has 0 heterocycles. The van der Waals surface area contributed by atoms with E-state index in [1.165, 1.54) is 0 Å². The summed E-state index contributed by atoms with van der Waals surface area (Å²) in [6, 6.07) is 6.72. The Labute approximate surface area is 123 Å². The van der Waals surface area contributed by atoms with E-state index in [0.717, 1.165) is 5.57 Å². The number of benzene rings is 1. The van der Waals surface area contributed by atoms with Crippen LogP contribution in [0.5, 0.6) is 5.75 Å². The van der Waals surface area contributed by atoms with Crippen molar-refractivity contribution in [2.24, 2.45) is 0 Å². The molecule has 1 amide bonds. The van der Waals surface area contributed by atoms with E-state index in [1.807, 2.05) is 0 Å². The van der Waals surface area contributed by atoms with E-state index in [9.17, 15) is 9.59 Å². The molecule has 0 aromatic heterocycles. The largest absolute Gasteiger partial charge is 0.489 e. The minimum Gasteiger partial charge on any atom is -0.489 e. The Morgan fingerprint density at radius 2 is 2.10 bits per heavy atom. The first-order valence-electron chi connectivity index (χ1n) is 6.23. The summed E-state index contributed by atoms with van der Waals surface area (Å²) in [7, 11) is 0. The van der Waals surface area contributed by atoms with Gasteiger partial charge in [-0.1, -0.05) is 37.5 Å². The summed E-state index contributed by atoms with van der Waals surface area (Å²) in [6.07, 6.45) is 4.52. The number of aliphatic carboxylic acids is 1. The van der Waals surface area contributed by atoms with Gasteiger partial charge >= 0.3 is 5.97 Å². The molecule has 1 rings (SSSR count). The fourth-order valence-electron chi connectivity index (χ4n) is 1.50. The number of hydrogen-bond donors (Lipinski definition) is 2. The Hall–Kier alpha value is -2.82. The number of anilines is 1. The smallest absolute Gasteiger partial charge is 0.312 e. The lowest BCUT2D eigenvalue weighted by Gasteiger charge is -2.09. The van der Waals surface area contributed by atoms with Gasteiger partial charge in [0.25, 0.3) is 0 Å². The van der Waals surface area contributed by atoms with E-state index in [1.54, 1.807) is 42.5 Å². The van der Waals surface area contributed by atoms with Gasteiger partial charge in [-0.05, 0) is 17.7 Å². The fourth-order valence-corrected chi connectivity index (χ4v) is 1.50. The van der Waals surface area contributed by atoms with Gasteiger partial charge in [0.05, 0.1) is 0 Å². The number of hydrogen-bond acceptors (Lipinski definition) is 3. The highest BCUT2D eigenvalue weighted by Crippen LogP contribution is 2.18. The SMILES string of the molecule is C=C/C=C(\C=C)COc1cccc(NC(=O)CC(=O)O)c1. The van der Waals surface area contributed by atoms with Crippen LogP contribution in [0.2, 0.25) is 0 Å². The number of ether oxygens (including phenoxy) is 1. The molecule has 0 saturated carbocycles. The van der Waals surface area contributed by atoms with Gasteiger partial charge < -0.3 is 15.2 Å². The van der Waals surface area contributed by atoms with Crippen molar-refractivity contribution in [3.8, 4) is 5.75 Å². The van der Waals surface area contributed by atoms with Crippen LogP contribution in [0.3, 0.4) is 0 Å². The Balaban J connectivity index is 2.66. The normalized spacial score (nSPS) is 10.6. The first kappa shape index (κ1) is 16.2. The van der Waals surface area contributed by atoms with Crippen molar-refractivity contribution in [3.05, 3.63) is 61.2 Å². The topological polar surface area (TPSA) is 75.6 Å². The van der Waals surface area contributed by atoms with E-state index >= 15 is 0 Å². The van der Waals surface area contributed by atoms with Crippen LogP contribution < -0.4 is 10.1 Å². The third kappa shape index (κ3) is 6.24.